The first-order chi connectivity index (χ1) is 14.7. The number of methoxy groups -OCH3 is 2. The monoisotopic (exact) mass is 414 g/mol. The fourth-order valence-corrected chi connectivity index (χ4v) is 4.08. The van der Waals surface area contributed by atoms with Gasteiger partial charge in [0.1, 0.15) is 0 Å². The molecule has 3 rings (SSSR count). The highest BCUT2D eigenvalue weighted by Crippen LogP contribution is 2.42. The minimum Gasteiger partial charge on any atom is -0.493 e. The first-order valence-electron chi connectivity index (χ1n) is 10.8. The third kappa shape index (κ3) is 4.99. The van der Waals surface area contributed by atoms with Crippen LogP contribution in [0, 0.1) is 0 Å². The van der Waals surface area contributed by atoms with Crippen LogP contribution in [0.1, 0.15) is 37.4 Å². The van der Waals surface area contributed by atoms with E-state index < -0.39 is 0 Å². The summed E-state index contributed by atoms with van der Waals surface area (Å²) in [5.74, 6) is 3.06. The summed E-state index contributed by atoms with van der Waals surface area (Å²) in [6, 6.07) is 12.4. The molecule has 0 aliphatic carbocycles. The van der Waals surface area contributed by atoms with Crippen LogP contribution in [0.3, 0.4) is 0 Å². The summed E-state index contributed by atoms with van der Waals surface area (Å²) in [5.41, 5.74) is 2.24. The van der Waals surface area contributed by atoms with Gasteiger partial charge in [-0.2, -0.15) is 0 Å². The van der Waals surface area contributed by atoms with Crippen molar-refractivity contribution in [3.63, 3.8) is 0 Å². The van der Waals surface area contributed by atoms with Gasteiger partial charge in [-0.3, -0.25) is 4.90 Å². The average Bonchev–Trinajstić information content (AvgIpc) is 3.05. The molecular weight excluding hydrogens is 380 g/mol. The molecule has 30 heavy (non-hydrogen) atoms. The van der Waals surface area contributed by atoms with Gasteiger partial charge in [-0.05, 0) is 50.6 Å². The molecule has 1 heterocycles. The summed E-state index contributed by atoms with van der Waals surface area (Å²) >= 11 is 0. The highest BCUT2D eigenvalue weighted by Gasteiger charge is 2.28. The molecule has 2 aromatic rings. The van der Waals surface area contributed by atoms with Gasteiger partial charge in [-0.1, -0.05) is 18.2 Å². The molecule has 0 spiro atoms. The molecule has 1 saturated heterocycles. The standard InChI is InChI=1S/C24H34N2O4/c1-5-29-20-12-11-18(17-22(20)30-6-2)23(26-15-8-13-25-14-16-26)19-9-7-10-21(27-3)24(19)28-4/h7,9-12,17,23,25H,5-6,8,13-16H2,1-4H3. The molecule has 1 atom stereocenters. The lowest BCUT2D eigenvalue weighted by atomic mass is 9.95. The summed E-state index contributed by atoms with van der Waals surface area (Å²) in [6.07, 6.45) is 1.10. The number of benzene rings is 2. The zero-order chi connectivity index (χ0) is 21.3. The van der Waals surface area contributed by atoms with Crippen molar-refractivity contribution >= 4 is 0 Å². The summed E-state index contributed by atoms with van der Waals surface area (Å²) in [6.45, 7) is 9.10. The Kier molecular flexibility index (Phi) is 8.22. The molecule has 2 aromatic carbocycles. The van der Waals surface area contributed by atoms with E-state index in [-0.39, 0.29) is 6.04 Å². The summed E-state index contributed by atoms with van der Waals surface area (Å²) < 4.78 is 23.1. The van der Waals surface area contributed by atoms with Gasteiger partial charge in [0, 0.05) is 25.2 Å². The Morgan fingerprint density at radius 3 is 2.43 bits per heavy atom. The largest absolute Gasteiger partial charge is 0.493 e. The van der Waals surface area contributed by atoms with E-state index in [1.165, 1.54) is 0 Å². The van der Waals surface area contributed by atoms with E-state index in [2.05, 4.69) is 28.4 Å². The predicted molar refractivity (Wildman–Crippen MR) is 119 cm³/mol. The Hall–Kier alpha value is -2.44. The molecule has 1 N–H and O–H groups in total. The zero-order valence-corrected chi connectivity index (χ0v) is 18.6. The molecule has 164 valence electrons. The van der Waals surface area contributed by atoms with Crippen molar-refractivity contribution in [3.8, 4) is 23.0 Å². The lowest BCUT2D eigenvalue weighted by Gasteiger charge is -2.33. The third-order valence-electron chi connectivity index (χ3n) is 5.35. The second kappa shape index (κ2) is 11.1. The van der Waals surface area contributed by atoms with Crippen molar-refractivity contribution in [2.24, 2.45) is 0 Å². The van der Waals surface area contributed by atoms with Crippen molar-refractivity contribution in [3.05, 3.63) is 47.5 Å². The quantitative estimate of drug-likeness (QED) is 0.672. The number of nitrogens with zero attached hydrogens (tertiary/aromatic N) is 1. The number of nitrogens with one attached hydrogen (secondary N) is 1. The second-order valence-electron chi connectivity index (χ2n) is 7.20. The molecule has 0 bridgehead atoms. The van der Waals surface area contributed by atoms with Crippen LogP contribution in [0.4, 0.5) is 0 Å². The van der Waals surface area contributed by atoms with Crippen molar-refractivity contribution < 1.29 is 18.9 Å². The van der Waals surface area contributed by atoms with Gasteiger partial charge in [0.15, 0.2) is 23.0 Å². The highest BCUT2D eigenvalue weighted by atomic mass is 16.5. The van der Waals surface area contributed by atoms with Gasteiger partial charge in [-0.15, -0.1) is 0 Å². The van der Waals surface area contributed by atoms with Crippen molar-refractivity contribution in [1.82, 2.24) is 10.2 Å². The third-order valence-corrected chi connectivity index (χ3v) is 5.35. The van der Waals surface area contributed by atoms with Crippen LogP contribution >= 0.6 is 0 Å². The number of hydrogen-bond donors (Lipinski definition) is 1. The fraction of sp³-hybridized carbons (Fsp3) is 0.500. The van der Waals surface area contributed by atoms with Crippen molar-refractivity contribution in [1.29, 1.82) is 0 Å². The zero-order valence-electron chi connectivity index (χ0n) is 18.6. The minimum absolute atomic E-state index is 0.0184. The van der Waals surface area contributed by atoms with Gasteiger partial charge >= 0.3 is 0 Å². The lowest BCUT2D eigenvalue weighted by Crippen LogP contribution is -2.33. The first-order valence-corrected chi connectivity index (χ1v) is 10.8. The molecule has 0 amide bonds. The van der Waals surface area contributed by atoms with Gasteiger partial charge in [0.25, 0.3) is 0 Å². The molecule has 1 aliphatic heterocycles. The Morgan fingerprint density at radius 2 is 1.70 bits per heavy atom. The molecule has 0 radical (unpaired) electrons. The van der Waals surface area contributed by atoms with Crippen LogP contribution in [0.15, 0.2) is 36.4 Å². The van der Waals surface area contributed by atoms with E-state index in [1.807, 2.05) is 32.0 Å². The average molecular weight is 415 g/mol. The van der Waals surface area contributed by atoms with Crippen LogP contribution in [0.25, 0.3) is 0 Å². The molecule has 6 heteroatoms. The Balaban J connectivity index is 2.12. The van der Waals surface area contributed by atoms with Crippen molar-refractivity contribution in [2.45, 2.75) is 26.3 Å². The maximum absolute atomic E-state index is 5.92. The number of rotatable bonds is 9. The van der Waals surface area contributed by atoms with Crippen LogP contribution in [-0.2, 0) is 0 Å². The molecule has 6 nitrogen and oxygen atoms in total. The minimum atomic E-state index is 0.0184. The summed E-state index contributed by atoms with van der Waals surface area (Å²) in [7, 11) is 3.38. The SMILES string of the molecule is CCOc1ccc(C(c2cccc(OC)c2OC)N2CCCNCC2)cc1OCC. The Morgan fingerprint density at radius 1 is 0.900 bits per heavy atom. The van der Waals surface area contributed by atoms with Crippen LogP contribution in [-0.4, -0.2) is 58.5 Å². The number of ether oxygens (including phenoxy) is 4. The van der Waals surface area contributed by atoms with E-state index in [9.17, 15) is 0 Å². The van der Waals surface area contributed by atoms with Gasteiger partial charge in [0.05, 0.1) is 33.5 Å². The van der Waals surface area contributed by atoms with Crippen LogP contribution in [0.5, 0.6) is 23.0 Å². The van der Waals surface area contributed by atoms with E-state index in [4.69, 9.17) is 18.9 Å². The van der Waals surface area contributed by atoms with Gasteiger partial charge in [-0.25, -0.2) is 0 Å². The van der Waals surface area contributed by atoms with Crippen molar-refractivity contribution in [2.75, 3.05) is 53.6 Å². The molecule has 1 aliphatic rings. The lowest BCUT2D eigenvalue weighted by molar-refractivity contribution is 0.233. The molecule has 0 saturated carbocycles. The number of para-hydroxylation sites is 1. The Labute approximate surface area is 180 Å². The molecule has 1 fully saturated rings. The van der Waals surface area contributed by atoms with Gasteiger partial charge in [0.2, 0.25) is 0 Å². The van der Waals surface area contributed by atoms with Crippen LogP contribution < -0.4 is 24.3 Å². The smallest absolute Gasteiger partial charge is 0.165 e. The van der Waals surface area contributed by atoms with Gasteiger partial charge < -0.3 is 24.3 Å². The maximum atomic E-state index is 5.92. The predicted octanol–water partition coefficient (Wildman–Crippen LogP) is 3.89. The van der Waals surface area contributed by atoms with E-state index in [0.29, 0.717) is 13.2 Å². The highest BCUT2D eigenvalue weighted by molar-refractivity contribution is 5.53. The summed E-state index contributed by atoms with van der Waals surface area (Å²) in [4.78, 5) is 2.50. The Bertz CT molecular complexity index is 804. The van der Waals surface area contributed by atoms with E-state index >= 15 is 0 Å². The van der Waals surface area contributed by atoms with E-state index in [1.54, 1.807) is 14.2 Å². The molecule has 0 aromatic heterocycles. The maximum Gasteiger partial charge on any atom is 0.165 e. The fourth-order valence-electron chi connectivity index (χ4n) is 4.08. The summed E-state index contributed by atoms with van der Waals surface area (Å²) in [5, 5.41) is 3.50. The topological polar surface area (TPSA) is 52.2 Å². The number of hydrogen-bond acceptors (Lipinski definition) is 6. The molecular formula is C24H34N2O4. The van der Waals surface area contributed by atoms with Crippen LogP contribution in [0.2, 0.25) is 0 Å². The van der Waals surface area contributed by atoms with E-state index in [0.717, 1.165) is 66.7 Å². The second-order valence-corrected chi connectivity index (χ2v) is 7.20. The normalized spacial score (nSPS) is 15.9. The first kappa shape index (κ1) is 22.2. The molecule has 1 unspecified atom stereocenters.